The number of carbonyl (C=O) groups is 2. The number of hydrogen-bond donors (Lipinski definition) is 2. The molecule has 0 atom stereocenters. The Hall–Kier alpha value is -3.81. The van der Waals surface area contributed by atoms with Gasteiger partial charge in [-0.05, 0) is 55.2 Å². The van der Waals surface area contributed by atoms with Crippen LogP contribution < -0.4 is 20.7 Å². The second-order valence-corrected chi connectivity index (χ2v) is 7.79. The molecule has 0 radical (unpaired) electrons. The van der Waals surface area contributed by atoms with Crippen molar-refractivity contribution in [2.75, 3.05) is 22.5 Å². The second kappa shape index (κ2) is 8.51. The minimum Gasteiger partial charge on any atom is -0.457 e. The summed E-state index contributed by atoms with van der Waals surface area (Å²) in [5, 5.41) is 6.96. The third-order valence-electron chi connectivity index (χ3n) is 5.05. The Balaban J connectivity index is 1.67. The largest absolute Gasteiger partial charge is 0.457 e. The number of nitrogens with zero attached hydrogens (tertiary/aromatic N) is 3. The average Bonchev–Trinajstić information content (AvgIpc) is 3.47. The van der Waals surface area contributed by atoms with Crippen molar-refractivity contribution in [1.82, 2.24) is 9.78 Å². The number of rotatable bonds is 7. The monoisotopic (exact) mass is 419 g/mol. The van der Waals surface area contributed by atoms with Crippen LogP contribution in [0, 0.1) is 5.92 Å². The van der Waals surface area contributed by atoms with E-state index in [4.69, 9.17) is 10.5 Å². The molecule has 0 unspecified atom stereocenters. The first-order valence-electron chi connectivity index (χ1n) is 10.1. The molecule has 8 nitrogen and oxygen atoms in total. The quantitative estimate of drug-likeness (QED) is 0.567. The molecule has 160 valence electrons. The van der Waals surface area contributed by atoms with E-state index in [-0.39, 0.29) is 11.8 Å². The number of nitrogen functional groups attached to an aromatic ring is 1. The lowest BCUT2D eigenvalue weighted by Crippen LogP contribution is -2.30. The van der Waals surface area contributed by atoms with Gasteiger partial charge in [0.1, 0.15) is 11.5 Å². The van der Waals surface area contributed by atoms with Crippen molar-refractivity contribution in [1.29, 1.82) is 0 Å². The summed E-state index contributed by atoms with van der Waals surface area (Å²) in [5.74, 6) is 1.57. The van der Waals surface area contributed by atoms with Crippen LogP contribution in [0.25, 0.3) is 0 Å². The maximum Gasteiger partial charge on any atom is 0.257 e. The molecule has 4 rings (SSSR count). The normalized spacial score (nSPS) is 13.0. The standard InChI is InChI=1S/C23H25N5O3/c1-15(29)28(14-16-3-4-16)19-11-17(23(30)25-22-9-10-27(2)26-22)12-21(13-19)31-20-7-5-18(24)6-8-20/h5-13,16H,3-4,14,24H2,1-2H3,(H,25,26,30). The molecule has 0 spiro atoms. The van der Waals surface area contributed by atoms with Gasteiger partial charge in [0.05, 0.1) is 0 Å². The number of carbonyl (C=O) groups excluding carboxylic acids is 2. The lowest BCUT2D eigenvalue weighted by atomic mass is 10.1. The molecule has 1 heterocycles. The van der Waals surface area contributed by atoms with Crippen molar-refractivity contribution >= 4 is 29.0 Å². The summed E-state index contributed by atoms with van der Waals surface area (Å²) in [7, 11) is 1.78. The lowest BCUT2D eigenvalue weighted by molar-refractivity contribution is -0.116. The van der Waals surface area contributed by atoms with Gasteiger partial charge in [0, 0.05) is 55.8 Å². The molecule has 0 aliphatic heterocycles. The molecule has 8 heteroatoms. The Morgan fingerprint density at radius 3 is 2.52 bits per heavy atom. The molecule has 1 aromatic heterocycles. The van der Waals surface area contributed by atoms with E-state index in [1.165, 1.54) is 6.92 Å². The van der Waals surface area contributed by atoms with Crippen molar-refractivity contribution in [2.45, 2.75) is 19.8 Å². The van der Waals surface area contributed by atoms with Crippen LogP contribution in [0.4, 0.5) is 17.2 Å². The zero-order valence-corrected chi connectivity index (χ0v) is 17.5. The Labute approximate surface area is 180 Å². The molecule has 1 aliphatic rings. The highest BCUT2D eigenvalue weighted by Crippen LogP contribution is 2.34. The van der Waals surface area contributed by atoms with Gasteiger partial charge in [-0.2, -0.15) is 5.10 Å². The van der Waals surface area contributed by atoms with E-state index >= 15 is 0 Å². The van der Waals surface area contributed by atoms with Crippen LogP contribution in [-0.2, 0) is 11.8 Å². The van der Waals surface area contributed by atoms with Gasteiger partial charge in [-0.3, -0.25) is 14.3 Å². The number of aromatic nitrogens is 2. The summed E-state index contributed by atoms with van der Waals surface area (Å²) in [6.45, 7) is 2.16. The van der Waals surface area contributed by atoms with Crippen LogP contribution >= 0.6 is 0 Å². The molecule has 0 saturated heterocycles. The van der Waals surface area contributed by atoms with Gasteiger partial charge in [0.25, 0.3) is 5.91 Å². The van der Waals surface area contributed by atoms with Crippen LogP contribution in [0.1, 0.15) is 30.1 Å². The fraction of sp³-hybridized carbons (Fsp3) is 0.261. The van der Waals surface area contributed by atoms with Crippen LogP contribution in [-0.4, -0.2) is 28.1 Å². The zero-order valence-electron chi connectivity index (χ0n) is 17.5. The molecule has 2 aromatic carbocycles. The minimum absolute atomic E-state index is 0.0763. The summed E-state index contributed by atoms with van der Waals surface area (Å²) in [6, 6.07) is 13.8. The maximum absolute atomic E-state index is 12.9. The van der Waals surface area contributed by atoms with Gasteiger partial charge >= 0.3 is 0 Å². The Morgan fingerprint density at radius 2 is 1.90 bits per heavy atom. The zero-order chi connectivity index (χ0) is 22.0. The third kappa shape index (κ3) is 5.22. The van der Waals surface area contributed by atoms with Crippen molar-refractivity contribution < 1.29 is 14.3 Å². The molecule has 3 N–H and O–H groups in total. The first-order valence-corrected chi connectivity index (χ1v) is 10.1. The predicted molar refractivity (Wildman–Crippen MR) is 119 cm³/mol. The molecule has 2 amide bonds. The number of nitrogens with two attached hydrogens (primary N) is 1. The Bertz CT molecular complexity index is 1100. The number of hydrogen-bond acceptors (Lipinski definition) is 5. The molecule has 1 aliphatic carbocycles. The molecule has 3 aromatic rings. The van der Waals surface area contributed by atoms with Gasteiger partial charge in [-0.1, -0.05) is 0 Å². The van der Waals surface area contributed by atoms with E-state index in [1.807, 2.05) is 0 Å². The molecule has 0 bridgehead atoms. The van der Waals surface area contributed by atoms with E-state index in [9.17, 15) is 9.59 Å². The van der Waals surface area contributed by atoms with Crippen LogP contribution in [0.15, 0.2) is 54.7 Å². The summed E-state index contributed by atoms with van der Waals surface area (Å²) < 4.78 is 7.58. The SMILES string of the molecule is CC(=O)N(CC1CC1)c1cc(Oc2ccc(N)cc2)cc(C(=O)Nc2ccn(C)n2)c1. The molecule has 1 saturated carbocycles. The first kappa shape index (κ1) is 20.5. The van der Waals surface area contributed by atoms with Gasteiger partial charge < -0.3 is 20.7 Å². The van der Waals surface area contributed by atoms with E-state index in [0.29, 0.717) is 46.7 Å². The van der Waals surface area contributed by atoms with Gasteiger partial charge in [0.2, 0.25) is 5.91 Å². The highest BCUT2D eigenvalue weighted by atomic mass is 16.5. The number of ether oxygens (including phenoxy) is 1. The predicted octanol–water partition coefficient (Wildman–Crippen LogP) is 3.81. The average molecular weight is 419 g/mol. The van der Waals surface area contributed by atoms with Crippen LogP contribution in [0.5, 0.6) is 11.5 Å². The lowest BCUT2D eigenvalue weighted by Gasteiger charge is -2.22. The smallest absolute Gasteiger partial charge is 0.257 e. The van der Waals surface area contributed by atoms with Gasteiger partial charge in [-0.15, -0.1) is 0 Å². The summed E-state index contributed by atoms with van der Waals surface area (Å²) in [5.41, 5.74) is 7.37. The summed E-state index contributed by atoms with van der Waals surface area (Å²) in [4.78, 5) is 27.0. The van der Waals surface area contributed by atoms with Crippen LogP contribution in [0.3, 0.4) is 0 Å². The van der Waals surface area contributed by atoms with Crippen molar-refractivity contribution in [3.05, 3.63) is 60.3 Å². The molecule has 1 fully saturated rings. The highest BCUT2D eigenvalue weighted by Gasteiger charge is 2.27. The topological polar surface area (TPSA) is 102 Å². The van der Waals surface area contributed by atoms with Crippen molar-refractivity contribution in [2.24, 2.45) is 13.0 Å². The van der Waals surface area contributed by atoms with E-state index in [2.05, 4.69) is 10.4 Å². The number of nitrogens with one attached hydrogen (secondary N) is 1. The van der Waals surface area contributed by atoms with Crippen LogP contribution in [0.2, 0.25) is 0 Å². The number of anilines is 3. The van der Waals surface area contributed by atoms with Crippen molar-refractivity contribution in [3.63, 3.8) is 0 Å². The summed E-state index contributed by atoms with van der Waals surface area (Å²) >= 11 is 0. The fourth-order valence-corrected chi connectivity index (χ4v) is 3.25. The van der Waals surface area contributed by atoms with Gasteiger partial charge in [-0.25, -0.2) is 0 Å². The number of amides is 2. The van der Waals surface area contributed by atoms with E-state index < -0.39 is 0 Å². The molecular formula is C23H25N5O3. The highest BCUT2D eigenvalue weighted by molar-refractivity contribution is 6.05. The fourth-order valence-electron chi connectivity index (χ4n) is 3.25. The summed E-state index contributed by atoms with van der Waals surface area (Å²) in [6.07, 6.45) is 3.96. The van der Waals surface area contributed by atoms with E-state index in [0.717, 1.165) is 12.8 Å². The maximum atomic E-state index is 12.9. The second-order valence-electron chi connectivity index (χ2n) is 7.79. The number of aryl methyl sites for hydroxylation is 1. The van der Waals surface area contributed by atoms with Gasteiger partial charge in [0.15, 0.2) is 5.82 Å². The molecule has 31 heavy (non-hydrogen) atoms. The minimum atomic E-state index is -0.336. The Kier molecular flexibility index (Phi) is 5.62. The molecular weight excluding hydrogens is 394 g/mol. The van der Waals surface area contributed by atoms with E-state index in [1.54, 1.807) is 71.4 Å². The third-order valence-corrected chi connectivity index (χ3v) is 5.05. The van der Waals surface area contributed by atoms with Crippen molar-refractivity contribution in [3.8, 4) is 11.5 Å². The Morgan fingerprint density at radius 1 is 1.16 bits per heavy atom. The number of benzene rings is 2. The first-order chi connectivity index (χ1) is 14.9.